The van der Waals surface area contributed by atoms with Gasteiger partial charge in [0.1, 0.15) is 0 Å². The molecule has 15 heavy (non-hydrogen) atoms. The second-order valence-corrected chi connectivity index (χ2v) is 5.11. The van der Waals surface area contributed by atoms with Gasteiger partial charge < -0.3 is 5.32 Å². The zero-order valence-corrected chi connectivity index (χ0v) is 10.3. The van der Waals surface area contributed by atoms with Gasteiger partial charge in [0, 0.05) is 18.6 Å². The first-order chi connectivity index (χ1) is 7.09. The van der Waals surface area contributed by atoms with Gasteiger partial charge in [-0.05, 0) is 33.2 Å². The van der Waals surface area contributed by atoms with Crippen LogP contribution < -0.4 is 5.32 Å². The SMILES string of the molecule is C#CC(CCC)N1CCCNC(C)(C)C1. The monoisotopic (exact) mass is 208 g/mol. The van der Waals surface area contributed by atoms with E-state index in [1.54, 1.807) is 0 Å². The fourth-order valence-corrected chi connectivity index (χ4v) is 2.26. The van der Waals surface area contributed by atoms with Crippen molar-refractivity contribution in [1.82, 2.24) is 10.2 Å². The van der Waals surface area contributed by atoms with Crippen LogP contribution in [0.1, 0.15) is 40.0 Å². The van der Waals surface area contributed by atoms with Gasteiger partial charge in [-0.25, -0.2) is 0 Å². The summed E-state index contributed by atoms with van der Waals surface area (Å²) in [6.07, 6.45) is 9.10. The van der Waals surface area contributed by atoms with Crippen molar-refractivity contribution in [3.8, 4) is 12.3 Å². The van der Waals surface area contributed by atoms with E-state index in [4.69, 9.17) is 6.42 Å². The van der Waals surface area contributed by atoms with E-state index in [0.717, 1.165) is 26.1 Å². The van der Waals surface area contributed by atoms with E-state index < -0.39 is 0 Å². The van der Waals surface area contributed by atoms with Crippen molar-refractivity contribution in [2.75, 3.05) is 19.6 Å². The summed E-state index contributed by atoms with van der Waals surface area (Å²) in [5.74, 6) is 2.94. The summed E-state index contributed by atoms with van der Waals surface area (Å²) in [6.45, 7) is 10.0. The molecule has 1 aliphatic heterocycles. The number of nitrogens with one attached hydrogen (secondary N) is 1. The van der Waals surface area contributed by atoms with Crippen molar-refractivity contribution in [1.29, 1.82) is 0 Å². The molecular weight excluding hydrogens is 184 g/mol. The quantitative estimate of drug-likeness (QED) is 0.712. The van der Waals surface area contributed by atoms with Crippen molar-refractivity contribution >= 4 is 0 Å². The molecule has 1 rings (SSSR count). The van der Waals surface area contributed by atoms with Gasteiger partial charge in [0.2, 0.25) is 0 Å². The molecule has 1 atom stereocenters. The van der Waals surface area contributed by atoms with Gasteiger partial charge >= 0.3 is 0 Å². The Hall–Kier alpha value is -0.520. The number of terminal acetylenes is 1. The largest absolute Gasteiger partial charge is 0.310 e. The lowest BCUT2D eigenvalue weighted by atomic mass is 10.0. The first kappa shape index (κ1) is 12.5. The smallest absolute Gasteiger partial charge is 0.0712 e. The Balaban J connectivity index is 2.62. The minimum Gasteiger partial charge on any atom is -0.310 e. The Labute approximate surface area is 94.4 Å². The average molecular weight is 208 g/mol. The molecule has 1 saturated heterocycles. The van der Waals surface area contributed by atoms with E-state index in [-0.39, 0.29) is 5.54 Å². The predicted molar refractivity (Wildman–Crippen MR) is 65.8 cm³/mol. The molecule has 0 spiro atoms. The molecule has 0 aromatic carbocycles. The van der Waals surface area contributed by atoms with Crippen LogP contribution in [0.5, 0.6) is 0 Å². The van der Waals surface area contributed by atoms with Gasteiger partial charge in [-0.15, -0.1) is 6.42 Å². The normalized spacial score (nSPS) is 24.1. The lowest BCUT2D eigenvalue weighted by Crippen LogP contribution is -2.48. The molecule has 2 nitrogen and oxygen atoms in total. The first-order valence-electron chi connectivity index (χ1n) is 6.04. The van der Waals surface area contributed by atoms with Crippen molar-refractivity contribution < 1.29 is 0 Å². The van der Waals surface area contributed by atoms with Crippen LogP contribution in [0.15, 0.2) is 0 Å². The Bertz CT molecular complexity index is 227. The van der Waals surface area contributed by atoms with Crippen LogP contribution in [-0.2, 0) is 0 Å². The maximum Gasteiger partial charge on any atom is 0.0712 e. The molecule has 0 amide bonds. The third-order valence-corrected chi connectivity index (χ3v) is 3.02. The summed E-state index contributed by atoms with van der Waals surface area (Å²) >= 11 is 0. The first-order valence-corrected chi connectivity index (χ1v) is 6.04. The zero-order valence-electron chi connectivity index (χ0n) is 10.3. The summed E-state index contributed by atoms with van der Waals surface area (Å²) in [5, 5.41) is 3.56. The van der Waals surface area contributed by atoms with Crippen LogP contribution in [0.2, 0.25) is 0 Å². The highest BCUT2D eigenvalue weighted by Crippen LogP contribution is 2.15. The van der Waals surface area contributed by atoms with Crippen molar-refractivity contribution in [2.45, 2.75) is 51.6 Å². The zero-order chi connectivity index (χ0) is 11.3. The molecule has 0 bridgehead atoms. The fraction of sp³-hybridized carbons (Fsp3) is 0.846. The van der Waals surface area contributed by atoms with E-state index in [1.165, 1.54) is 12.8 Å². The molecule has 1 fully saturated rings. The van der Waals surface area contributed by atoms with Crippen LogP contribution in [0.4, 0.5) is 0 Å². The van der Waals surface area contributed by atoms with E-state index >= 15 is 0 Å². The number of nitrogens with zero attached hydrogens (tertiary/aromatic N) is 1. The molecule has 0 saturated carbocycles. The van der Waals surface area contributed by atoms with Crippen LogP contribution in [0, 0.1) is 12.3 Å². The van der Waals surface area contributed by atoms with Gasteiger partial charge in [-0.1, -0.05) is 19.3 Å². The lowest BCUT2D eigenvalue weighted by molar-refractivity contribution is 0.193. The van der Waals surface area contributed by atoms with Crippen molar-refractivity contribution in [3.63, 3.8) is 0 Å². The highest BCUT2D eigenvalue weighted by atomic mass is 15.2. The topological polar surface area (TPSA) is 15.3 Å². The lowest BCUT2D eigenvalue weighted by Gasteiger charge is -2.33. The van der Waals surface area contributed by atoms with E-state index in [0.29, 0.717) is 6.04 Å². The summed E-state index contributed by atoms with van der Waals surface area (Å²) in [6, 6.07) is 0.328. The molecule has 0 radical (unpaired) electrons. The molecule has 2 heteroatoms. The highest BCUT2D eigenvalue weighted by molar-refractivity contribution is 5.02. The molecule has 0 aromatic heterocycles. The molecule has 0 aromatic rings. The minimum absolute atomic E-state index is 0.194. The Kier molecular flexibility index (Phi) is 4.63. The van der Waals surface area contributed by atoms with Crippen LogP contribution >= 0.6 is 0 Å². The Morgan fingerprint density at radius 2 is 2.27 bits per heavy atom. The third-order valence-electron chi connectivity index (χ3n) is 3.02. The van der Waals surface area contributed by atoms with E-state index in [1.807, 2.05) is 0 Å². The maximum absolute atomic E-state index is 5.62. The summed E-state index contributed by atoms with van der Waals surface area (Å²) in [4.78, 5) is 2.46. The second kappa shape index (κ2) is 5.53. The molecule has 1 heterocycles. The van der Waals surface area contributed by atoms with Gasteiger partial charge in [0.25, 0.3) is 0 Å². The molecule has 1 N–H and O–H groups in total. The molecule has 1 aliphatic rings. The minimum atomic E-state index is 0.194. The summed E-state index contributed by atoms with van der Waals surface area (Å²) in [7, 11) is 0. The van der Waals surface area contributed by atoms with Gasteiger partial charge in [0.05, 0.1) is 6.04 Å². The van der Waals surface area contributed by atoms with Crippen LogP contribution in [0.3, 0.4) is 0 Å². The van der Waals surface area contributed by atoms with Crippen LogP contribution in [0.25, 0.3) is 0 Å². The highest BCUT2D eigenvalue weighted by Gasteiger charge is 2.27. The fourth-order valence-electron chi connectivity index (χ4n) is 2.26. The molecule has 1 unspecified atom stereocenters. The standard InChI is InChI=1S/C13H24N2/c1-5-8-12(6-2)15-10-7-9-14-13(3,4)11-15/h2,12,14H,5,7-11H2,1,3-4H3. The number of hydrogen-bond acceptors (Lipinski definition) is 2. The Morgan fingerprint density at radius 1 is 1.53 bits per heavy atom. The predicted octanol–water partition coefficient (Wildman–Crippen LogP) is 1.86. The van der Waals surface area contributed by atoms with Crippen molar-refractivity contribution in [3.05, 3.63) is 0 Å². The van der Waals surface area contributed by atoms with Gasteiger partial charge in [-0.2, -0.15) is 0 Å². The number of hydrogen-bond donors (Lipinski definition) is 1. The van der Waals surface area contributed by atoms with Crippen LogP contribution in [-0.4, -0.2) is 36.1 Å². The van der Waals surface area contributed by atoms with E-state index in [2.05, 4.69) is 36.9 Å². The third kappa shape index (κ3) is 3.85. The maximum atomic E-state index is 5.62. The average Bonchev–Trinajstić information content (AvgIpc) is 2.35. The second-order valence-electron chi connectivity index (χ2n) is 5.11. The summed E-state index contributed by atoms with van der Waals surface area (Å²) < 4.78 is 0. The molecular formula is C13H24N2. The van der Waals surface area contributed by atoms with E-state index in [9.17, 15) is 0 Å². The van der Waals surface area contributed by atoms with Gasteiger partial charge in [0.15, 0.2) is 0 Å². The van der Waals surface area contributed by atoms with Gasteiger partial charge in [-0.3, -0.25) is 4.90 Å². The molecule has 0 aliphatic carbocycles. The molecule has 86 valence electrons. The Morgan fingerprint density at radius 3 is 2.87 bits per heavy atom. The number of rotatable bonds is 3. The van der Waals surface area contributed by atoms with Crippen molar-refractivity contribution in [2.24, 2.45) is 0 Å². The summed E-state index contributed by atoms with van der Waals surface area (Å²) in [5.41, 5.74) is 0.194.